The predicted octanol–water partition coefficient (Wildman–Crippen LogP) is 3.24. The fourth-order valence-corrected chi connectivity index (χ4v) is 2.89. The molecule has 0 radical (unpaired) electrons. The van der Waals surface area contributed by atoms with Gasteiger partial charge in [-0.05, 0) is 44.9 Å². The summed E-state index contributed by atoms with van der Waals surface area (Å²) in [5.41, 5.74) is 1.53. The molecule has 114 valence electrons. The summed E-state index contributed by atoms with van der Waals surface area (Å²) in [6.07, 6.45) is 5.10. The highest BCUT2D eigenvalue weighted by molar-refractivity contribution is 5.60. The quantitative estimate of drug-likeness (QED) is 0.816. The van der Waals surface area contributed by atoms with Crippen molar-refractivity contribution in [2.24, 2.45) is 0 Å². The number of hydrogen-bond acceptors (Lipinski definition) is 4. The van der Waals surface area contributed by atoms with E-state index in [4.69, 9.17) is 10.00 Å². The van der Waals surface area contributed by atoms with Crippen LogP contribution in [-0.2, 0) is 0 Å². The van der Waals surface area contributed by atoms with Crippen molar-refractivity contribution in [2.75, 3.05) is 32.1 Å². The van der Waals surface area contributed by atoms with Crippen molar-refractivity contribution in [1.29, 1.82) is 5.26 Å². The number of piperidine rings is 1. The van der Waals surface area contributed by atoms with Crippen LogP contribution in [0.1, 0.15) is 38.2 Å². The number of nitrogens with zero attached hydrogens (tertiary/aromatic N) is 2. The molecule has 1 N–H and O–H groups in total. The van der Waals surface area contributed by atoms with Gasteiger partial charge in [-0.15, -0.1) is 0 Å². The van der Waals surface area contributed by atoms with Gasteiger partial charge in [0.05, 0.1) is 18.4 Å². The molecule has 4 nitrogen and oxygen atoms in total. The van der Waals surface area contributed by atoms with Crippen LogP contribution in [0, 0.1) is 11.3 Å². The zero-order valence-electron chi connectivity index (χ0n) is 13.1. The Labute approximate surface area is 127 Å². The molecule has 0 saturated carbocycles. The van der Waals surface area contributed by atoms with Gasteiger partial charge in [-0.2, -0.15) is 5.26 Å². The monoisotopic (exact) mass is 287 g/mol. The highest BCUT2D eigenvalue weighted by Crippen LogP contribution is 2.22. The van der Waals surface area contributed by atoms with Crippen molar-refractivity contribution < 1.29 is 4.74 Å². The maximum Gasteiger partial charge on any atom is 0.121 e. The number of anilines is 1. The Hall–Kier alpha value is -1.73. The number of methoxy groups -OCH3 is 1. The first-order valence-electron chi connectivity index (χ1n) is 7.80. The molecule has 0 aliphatic carbocycles. The standard InChI is InChI=1S/C17H25N3O/c1-14-6-3-4-10-20(14)11-5-9-19-17-12-16(21-2)8-7-15(17)13-18/h7-8,12,14,19H,3-6,9-11H2,1-2H3. The van der Waals surface area contributed by atoms with E-state index in [0.717, 1.165) is 30.9 Å². The van der Waals surface area contributed by atoms with Gasteiger partial charge in [0.15, 0.2) is 0 Å². The van der Waals surface area contributed by atoms with Crippen LogP contribution in [0.15, 0.2) is 18.2 Å². The molecule has 2 rings (SSSR count). The summed E-state index contributed by atoms with van der Waals surface area (Å²) < 4.78 is 5.21. The third kappa shape index (κ3) is 4.37. The maximum absolute atomic E-state index is 9.14. The van der Waals surface area contributed by atoms with E-state index in [9.17, 15) is 0 Å². The number of nitrogens with one attached hydrogen (secondary N) is 1. The minimum atomic E-state index is 0.669. The summed E-state index contributed by atoms with van der Waals surface area (Å²) in [6.45, 7) is 5.55. The summed E-state index contributed by atoms with van der Waals surface area (Å²) >= 11 is 0. The summed E-state index contributed by atoms with van der Waals surface area (Å²) in [5.74, 6) is 0.779. The Kier molecular flexibility index (Phi) is 5.89. The summed E-state index contributed by atoms with van der Waals surface area (Å²) in [5, 5.41) is 12.5. The molecule has 21 heavy (non-hydrogen) atoms. The molecular weight excluding hydrogens is 262 g/mol. The first-order chi connectivity index (χ1) is 10.2. The normalized spacial score (nSPS) is 19.0. The fraction of sp³-hybridized carbons (Fsp3) is 0.588. The van der Waals surface area contributed by atoms with Crippen LogP contribution in [0.3, 0.4) is 0 Å². The highest BCUT2D eigenvalue weighted by atomic mass is 16.5. The van der Waals surface area contributed by atoms with Crippen LogP contribution in [-0.4, -0.2) is 37.7 Å². The topological polar surface area (TPSA) is 48.3 Å². The zero-order valence-corrected chi connectivity index (χ0v) is 13.1. The van der Waals surface area contributed by atoms with Crippen molar-refractivity contribution >= 4 is 5.69 Å². The van der Waals surface area contributed by atoms with Gasteiger partial charge in [0, 0.05) is 25.2 Å². The van der Waals surface area contributed by atoms with Crippen molar-refractivity contribution in [3.8, 4) is 11.8 Å². The number of rotatable bonds is 6. The van der Waals surface area contributed by atoms with Crippen LogP contribution >= 0.6 is 0 Å². The lowest BCUT2D eigenvalue weighted by atomic mass is 10.0. The first kappa shape index (κ1) is 15.7. The molecule has 1 unspecified atom stereocenters. The smallest absolute Gasteiger partial charge is 0.121 e. The van der Waals surface area contributed by atoms with E-state index in [2.05, 4.69) is 23.2 Å². The van der Waals surface area contributed by atoms with E-state index < -0.39 is 0 Å². The number of hydrogen-bond donors (Lipinski definition) is 1. The van der Waals surface area contributed by atoms with Crippen molar-refractivity contribution in [2.45, 2.75) is 38.6 Å². The Morgan fingerprint density at radius 2 is 2.29 bits per heavy atom. The van der Waals surface area contributed by atoms with E-state index in [1.165, 1.54) is 25.8 Å². The van der Waals surface area contributed by atoms with E-state index in [1.54, 1.807) is 13.2 Å². The van der Waals surface area contributed by atoms with E-state index in [0.29, 0.717) is 11.6 Å². The lowest BCUT2D eigenvalue weighted by Gasteiger charge is -2.33. The average Bonchev–Trinajstić information content (AvgIpc) is 2.52. The Morgan fingerprint density at radius 1 is 1.43 bits per heavy atom. The lowest BCUT2D eigenvalue weighted by Crippen LogP contribution is -2.38. The number of likely N-dealkylation sites (tertiary alicyclic amines) is 1. The molecule has 1 saturated heterocycles. The molecule has 0 bridgehead atoms. The molecular formula is C17H25N3O. The van der Waals surface area contributed by atoms with Crippen LogP contribution in [0.25, 0.3) is 0 Å². The van der Waals surface area contributed by atoms with Gasteiger partial charge in [-0.1, -0.05) is 6.42 Å². The second kappa shape index (κ2) is 7.90. The molecule has 0 aromatic heterocycles. The molecule has 1 aromatic rings. The van der Waals surface area contributed by atoms with Gasteiger partial charge in [-0.25, -0.2) is 0 Å². The van der Waals surface area contributed by atoms with E-state index >= 15 is 0 Å². The second-order valence-electron chi connectivity index (χ2n) is 5.68. The number of ether oxygens (including phenoxy) is 1. The number of benzene rings is 1. The average molecular weight is 287 g/mol. The molecule has 1 atom stereocenters. The zero-order chi connectivity index (χ0) is 15.1. The highest BCUT2D eigenvalue weighted by Gasteiger charge is 2.17. The molecule has 1 heterocycles. The van der Waals surface area contributed by atoms with Crippen molar-refractivity contribution in [1.82, 2.24) is 4.90 Å². The number of nitriles is 1. The summed E-state index contributed by atoms with van der Waals surface area (Å²) in [7, 11) is 1.64. The largest absolute Gasteiger partial charge is 0.497 e. The van der Waals surface area contributed by atoms with Crippen LogP contribution in [0.4, 0.5) is 5.69 Å². The minimum Gasteiger partial charge on any atom is -0.497 e. The van der Waals surface area contributed by atoms with Crippen molar-refractivity contribution in [3.05, 3.63) is 23.8 Å². The van der Waals surface area contributed by atoms with Gasteiger partial charge in [0.25, 0.3) is 0 Å². The predicted molar refractivity (Wildman–Crippen MR) is 85.7 cm³/mol. The SMILES string of the molecule is COc1ccc(C#N)c(NCCCN2CCCCC2C)c1. The van der Waals surface area contributed by atoms with Gasteiger partial charge in [0.1, 0.15) is 11.8 Å². The van der Waals surface area contributed by atoms with Crippen LogP contribution in [0.5, 0.6) is 5.75 Å². The lowest BCUT2D eigenvalue weighted by molar-refractivity contribution is 0.160. The third-order valence-electron chi connectivity index (χ3n) is 4.23. The molecule has 4 heteroatoms. The Morgan fingerprint density at radius 3 is 3.00 bits per heavy atom. The Bertz CT molecular complexity index is 495. The molecule has 1 fully saturated rings. The fourth-order valence-electron chi connectivity index (χ4n) is 2.89. The molecule has 0 amide bonds. The first-order valence-corrected chi connectivity index (χ1v) is 7.80. The summed E-state index contributed by atoms with van der Waals surface area (Å²) in [4.78, 5) is 2.57. The van der Waals surface area contributed by atoms with Crippen LogP contribution < -0.4 is 10.1 Å². The van der Waals surface area contributed by atoms with E-state index in [1.807, 2.05) is 12.1 Å². The molecule has 1 aliphatic heterocycles. The van der Waals surface area contributed by atoms with Gasteiger partial charge >= 0.3 is 0 Å². The molecule has 1 aliphatic rings. The van der Waals surface area contributed by atoms with E-state index in [-0.39, 0.29) is 0 Å². The maximum atomic E-state index is 9.14. The van der Waals surface area contributed by atoms with Gasteiger partial charge < -0.3 is 15.0 Å². The molecule has 1 aromatic carbocycles. The van der Waals surface area contributed by atoms with Crippen molar-refractivity contribution in [3.63, 3.8) is 0 Å². The molecule has 0 spiro atoms. The second-order valence-corrected chi connectivity index (χ2v) is 5.68. The third-order valence-corrected chi connectivity index (χ3v) is 4.23. The Balaban J connectivity index is 1.81. The van der Waals surface area contributed by atoms with Gasteiger partial charge in [-0.3, -0.25) is 0 Å². The van der Waals surface area contributed by atoms with Crippen LogP contribution in [0.2, 0.25) is 0 Å². The van der Waals surface area contributed by atoms with Gasteiger partial charge in [0.2, 0.25) is 0 Å². The minimum absolute atomic E-state index is 0.669. The summed E-state index contributed by atoms with van der Waals surface area (Å²) in [6, 6.07) is 8.44.